The number of methoxy groups -OCH3 is 2. The van der Waals surface area contributed by atoms with Crippen LogP contribution in [0.15, 0.2) is 76.5 Å². The number of primary sulfonamides is 1. The monoisotopic (exact) mass is 587 g/mol. The number of aryl methyl sites for hydroxylation is 1. The maximum Gasteiger partial charge on any atom is 0.252 e. The third kappa shape index (κ3) is 5.87. The molecule has 212 valence electrons. The Morgan fingerprint density at radius 2 is 1.48 bits per heavy atom. The highest BCUT2D eigenvalue weighted by molar-refractivity contribution is 7.89. The molecular formula is C27H29N3O8S2. The van der Waals surface area contributed by atoms with Crippen LogP contribution >= 0.6 is 0 Å². The van der Waals surface area contributed by atoms with E-state index in [4.69, 9.17) is 14.6 Å². The van der Waals surface area contributed by atoms with Gasteiger partial charge in [0, 0.05) is 6.54 Å². The van der Waals surface area contributed by atoms with Crippen LogP contribution in [-0.2, 0) is 36.1 Å². The minimum Gasteiger partial charge on any atom is -0.493 e. The van der Waals surface area contributed by atoms with Gasteiger partial charge in [-0.2, -0.15) is 4.31 Å². The highest BCUT2D eigenvalue weighted by Gasteiger charge is 2.46. The first kappa shape index (κ1) is 29.2. The molecule has 0 saturated carbocycles. The first-order valence-corrected chi connectivity index (χ1v) is 15.1. The molecule has 0 spiro atoms. The van der Waals surface area contributed by atoms with E-state index in [9.17, 15) is 26.4 Å². The summed E-state index contributed by atoms with van der Waals surface area (Å²) in [5.41, 5.74) is 1.70. The molecule has 1 unspecified atom stereocenters. The molecule has 2 N–H and O–H groups in total. The Bertz CT molecular complexity index is 1640. The second-order valence-corrected chi connectivity index (χ2v) is 12.6. The van der Waals surface area contributed by atoms with Crippen molar-refractivity contribution in [1.29, 1.82) is 0 Å². The number of carbonyl (C=O) groups is 2. The van der Waals surface area contributed by atoms with E-state index < -0.39 is 37.9 Å². The lowest BCUT2D eigenvalue weighted by atomic mass is 10.1. The fraction of sp³-hybridized carbons (Fsp3) is 0.259. The largest absolute Gasteiger partial charge is 0.493 e. The second-order valence-electron chi connectivity index (χ2n) is 9.19. The number of sulfonamides is 2. The SMILES string of the molecule is COc1ccc(CCN(C2CC(=O)N(c3ccc(S(N)(=O)=O)cc3)C2=O)S(=O)(=O)c2ccc(C)cc2)cc1OC. The molecule has 0 radical (unpaired) electrons. The molecule has 11 nitrogen and oxygen atoms in total. The van der Waals surface area contributed by atoms with Crippen molar-refractivity contribution >= 4 is 37.5 Å². The van der Waals surface area contributed by atoms with Crippen molar-refractivity contribution in [2.24, 2.45) is 5.14 Å². The van der Waals surface area contributed by atoms with Crippen molar-refractivity contribution in [3.8, 4) is 11.5 Å². The summed E-state index contributed by atoms with van der Waals surface area (Å²) in [5.74, 6) is -0.379. The van der Waals surface area contributed by atoms with Gasteiger partial charge in [0.05, 0.1) is 36.1 Å². The summed E-state index contributed by atoms with van der Waals surface area (Å²) >= 11 is 0. The maximum atomic E-state index is 13.8. The number of amides is 2. The number of hydrogen-bond acceptors (Lipinski definition) is 8. The summed E-state index contributed by atoms with van der Waals surface area (Å²) < 4.78 is 62.6. The van der Waals surface area contributed by atoms with Gasteiger partial charge >= 0.3 is 0 Å². The summed E-state index contributed by atoms with van der Waals surface area (Å²) in [6, 6.07) is 15.0. The lowest BCUT2D eigenvalue weighted by Crippen LogP contribution is -2.46. The highest BCUT2D eigenvalue weighted by Crippen LogP contribution is 2.31. The lowest BCUT2D eigenvalue weighted by Gasteiger charge is -2.27. The van der Waals surface area contributed by atoms with E-state index in [2.05, 4.69) is 0 Å². The Labute approximate surface area is 233 Å². The van der Waals surface area contributed by atoms with Crippen LogP contribution in [-0.4, -0.2) is 59.8 Å². The van der Waals surface area contributed by atoms with E-state index in [-0.39, 0.29) is 34.9 Å². The van der Waals surface area contributed by atoms with Crippen LogP contribution in [0.2, 0.25) is 0 Å². The zero-order valence-electron chi connectivity index (χ0n) is 22.1. The third-order valence-electron chi connectivity index (χ3n) is 6.59. The Hall–Kier alpha value is -3.78. The molecule has 1 fully saturated rings. The van der Waals surface area contributed by atoms with E-state index in [1.54, 1.807) is 30.3 Å². The summed E-state index contributed by atoms with van der Waals surface area (Å²) in [4.78, 5) is 27.3. The Balaban J connectivity index is 1.69. The molecule has 1 heterocycles. The van der Waals surface area contributed by atoms with Crippen molar-refractivity contribution in [2.45, 2.75) is 35.6 Å². The molecule has 40 heavy (non-hydrogen) atoms. The van der Waals surface area contributed by atoms with Gasteiger partial charge in [-0.05, 0) is 67.4 Å². The minimum atomic E-state index is -4.21. The zero-order valence-corrected chi connectivity index (χ0v) is 23.7. The number of nitrogens with two attached hydrogens (primary N) is 1. The predicted octanol–water partition coefficient (Wildman–Crippen LogP) is 2.23. The first-order chi connectivity index (χ1) is 18.9. The molecule has 1 aliphatic heterocycles. The van der Waals surface area contributed by atoms with Crippen LogP contribution in [0.25, 0.3) is 0 Å². The molecule has 1 saturated heterocycles. The fourth-order valence-corrected chi connectivity index (χ4v) is 6.56. The number of anilines is 1. The molecule has 0 aliphatic carbocycles. The summed E-state index contributed by atoms with van der Waals surface area (Å²) in [7, 11) is -5.20. The van der Waals surface area contributed by atoms with Gasteiger partial charge in [-0.1, -0.05) is 23.8 Å². The fourth-order valence-electron chi connectivity index (χ4n) is 4.46. The number of imide groups is 1. The van der Waals surface area contributed by atoms with E-state index in [1.165, 1.54) is 50.6 Å². The van der Waals surface area contributed by atoms with Gasteiger partial charge in [-0.3, -0.25) is 9.59 Å². The van der Waals surface area contributed by atoms with Gasteiger partial charge in [0.2, 0.25) is 26.0 Å². The van der Waals surface area contributed by atoms with Gasteiger partial charge in [0.25, 0.3) is 5.91 Å². The number of rotatable bonds is 10. The predicted molar refractivity (Wildman–Crippen MR) is 147 cm³/mol. The highest BCUT2D eigenvalue weighted by atomic mass is 32.2. The quantitative estimate of drug-likeness (QED) is 0.354. The second kappa shape index (κ2) is 11.4. The Morgan fingerprint density at radius 1 is 0.875 bits per heavy atom. The number of hydrogen-bond donors (Lipinski definition) is 1. The normalized spacial score (nSPS) is 16.0. The molecule has 2 amide bonds. The van der Waals surface area contributed by atoms with E-state index in [1.807, 2.05) is 6.92 Å². The van der Waals surface area contributed by atoms with E-state index in [0.717, 1.165) is 20.3 Å². The van der Waals surface area contributed by atoms with E-state index in [0.29, 0.717) is 11.5 Å². The molecular weight excluding hydrogens is 558 g/mol. The number of carbonyl (C=O) groups excluding carboxylic acids is 2. The maximum absolute atomic E-state index is 13.8. The van der Waals surface area contributed by atoms with Crippen molar-refractivity contribution < 1.29 is 35.9 Å². The lowest BCUT2D eigenvalue weighted by molar-refractivity contribution is -0.122. The standard InChI is InChI=1S/C27H29N3O8S2/c1-18-4-9-22(10-5-18)40(35,36)29(15-14-19-6-13-24(37-2)25(16-19)38-3)23-17-26(31)30(27(23)32)20-7-11-21(12-8-20)39(28,33)34/h4-13,16,23H,14-15,17H2,1-3H3,(H2,28,33,34). The average Bonchev–Trinajstić information content (AvgIpc) is 3.21. The van der Waals surface area contributed by atoms with Crippen LogP contribution in [0.5, 0.6) is 11.5 Å². The summed E-state index contributed by atoms with van der Waals surface area (Å²) in [6.45, 7) is 1.72. The van der Waals surface area contributed by atoms with Gasteiger partial charge in [0.1, 0.15) is 6.04 Å². The average molecular weight is 588 g/mol. The summed E-state index contributed by atoms with van der Waals surface area (Å²) in [5, 5.41) is 5.14. The molecule has 3 aromatic rings. The van der Waals surface area contributed by atoms with Crippen LogP contribution in [0.4, 0.5) is 5.69 Å². The molecule has 1 aliphatic rings. The molecule has 0 bridgehead atoms. The topological polar surface area (TPSA) is 153 Å². The van der Waals surface area contributed by atoms with Crippen molar-refractivity contribution in [2.75, 3.05) is 25.7 Å². The molecule has 3 aromatic carbocycles. The molecule has 4 rings (SSSR count). The van der Waals surface area contributed by atoms with Crippen molar-refractivity contribution in [1.82, 2.24) is 4.31 Å². The van der Waals surface area contributed by atoms with Crippen molar-refractivity contribution in [3.63, 3.8) is 0 Å². The number of benzene rings is 3. The first-order valence-electron chi connectivity index (χ1n) is 12.2. The zero-order chi connectivity index (χ0) is 29.2. The Kier molecular flexibility index (Phi) is 8.30. The minimum absolute atomic E-state index is 0.0124. The van der Waals surface area contributed by atoms with Gasteiger partial charge < -0.3 is 9.47 Å². The van der Waals surface area contributed by atoms with Gasteiger partial charge in [-0.25, -0.2) is 26.9 Å². The summed E-state index contributed by atoms with van der Waals surface area (Å²) in [6.07, 6.45) is -0.167. The third-order valence-corrected chi connectivity index (χ3v) is 9.44. The van der Waals surface area contributed by atoms with Crippen molar-refractivity contribution in [3.05, 3.63) is 77.9 Å². The molecule has 13 heteroatoms. The van der Waals surface area contributed by atoms with Crippen LogP contribution in [0.3, 0.4) is 0 Å². The van der Waals surface area contributed by atoms with Crippen LogP contribution < -0.4 is 19.5 Å². The smallest absolute Gasteiger partial charge is 0.252 e. The van der Waals surface area contributed by atoms with Crippen LogP contribution in [0, 0.1) is 6.92 Å². The van der Waals surface area contributed by atoms with Gasteiger partial charge in [0.15, 0.2) is 11.5 Å². The van der Waals surface area contributed by atoms with Crippen LogP contribution in [0.1, 0.15) is 17.5 Å². The molecule has 1 atom stereocenters. The van der Waals surface area contributed by atoms with Gasteiger partial charge in [-0.15, -0.1) is 0 Å². The Morgan fingerprint density at radius 3 is 2.05 bits per heavy atom. The number of ether oxygens (including phenoxy) is 2. The number of nitrogens with zero attached hydrogens (tertiary/aromatic N) is 2. The molecule has 0 aromatic heterocycles. The van der Waals surface area contributed by atoms with E-state index >= 15 is 0 Å².